The van der Waals surface area contributed by atoms with Crippen molar-refractivity contribution in [1.82, 2.24) is 0 Å². The minimum atomic E-state index is -2.92. The molecule has 0 aromatic rings. The van der Waals surface area contributed by atoms with E-state index in [9.17, 15) is 0 Å². The number of aliphatic hydroxyl groups is 1. The monoisotopic (exact) mass is 288 g/mol. The van der Waals surface area contributed by atoms with Crippen LogP contribution in [-0.2, 0) is 11.2 Å². The first kappa shape index (κ1) is 7.45. The molecule has 10 saturated heterocycles. The molecule has 0 aromatic heterocycles. The molecule has 10 rings (SSSR count). The van der Waals surface area contributed by atoms with Crippen LogP contribution in [0.15, 0.2) is 0 Å². The first-order chi connectivity index (χ1) is 8.56. The number of fused-ring (bicyclic) bond motifs is 10. The third-order valence-corrected chi connectivity index (χ3v) is 58.7. The fourth-order valence-electron chi connectivity index (χ4n) is 18.0. The van der Waals surface area contributed by atoms with Crippen LogP contribution in [-0.4, -0.2) is 24.4 Å². The zero-order valence-corrected chi connectivity index (χ0v) is 11.7. The molecule has 5 unspecified atom stereocenters. The summed E-state index contributed by atoms with van der Waals surface area (Å²) in [6, 6.07) is 0. The maximum atomic E-state index is 9.12. The van der Waals surface area contributed by atoms with E-state index in [0.29, 0.717) is 12.7 Å². The molecule has 10 aliphatic heterocycles. The van der Waals surface area contributed by atoms with E-state index in [2.05, 4.69) is 6.92 Å². The van der Waals surface area contributed by atoms with Crippen LogP contribution in [0.1, 0.15) is 13.3 Å². The van der Waals surface area contributed by atoms with Crippen molar-refractivity contribution in [1.29, 1.82) is 0 Å². The van der Waals surface area contributed by atoms with Gasteiger partial charge in [-0.2, -0.15) is 0 Å². The summed E-state index contributed by atoms with van der Waals surface area (Å²) in [5, 5.41) is 9.12. The molecule has 0 aliphatic carbocycles. The van der Waals surface area contributed by atoms with Crippen LogP contribution >= 0.6 is 0 Å². The fraction of sp³-hybridized carbons (Fsp3) is 1.00. The van der Waals surface area contributed by atoms with Crippen molar-refractivity contribution in [3.8, 4) is 0 Å². The summed E-state index contributed by atoms with van der Waals surface area (Å²) < 4.78 is 7.13. The number of rotatable bonds is 5. The van der Waals surface area contributed by atoms with Gasteiger partial charge in [-0.05, 0) is 0 Å². The number of aliphatic hydroxyl groups excluding tert-OH is 1. The van der Waals surface area contributed by atoms with Crippen molar-refractivity contribution in [2.75, 3.05) is 13.2 Å². The number of hydrogen-bond donors (Lipinski definition) is 1. The van der Waals surface area contributed by atoms with Gasteiger partial charge in [0.1, 0.15) is 0 Å². The van der Waals surface area contributed by atoms with Crippen molar-refractivity contribution < 1.29 is 16.4 Å². The normalized spacial score (nSPS) is 115. The van der Waals surface area contributed by atoms with Crippen LogP contribution in [0, 0.1) is 0 Å². The summed E-state index contributed by atoms with van der Waals surface area (Å²) in [6.45, 7) is 0.271. The van der Waals surface area contributed by atoms with Gasteiger partial charge >= 0.3 is 96.7 Å². The molecule has 1 N–H and O–H groups in total. The van der Waals surface area contributed by atoms with Gasteiger partial charge in [0.15, 0.2) is 0 Å². The van der Waals surface area contributed by atoms with E-state index in [4.69, 9.17) is 9.84 Å². The van der Waals surface area contributed by atoms with E-state index in [1.807, 2.05) is 0 Å². The van der Waals surface area contributed by atoms with Crippen LogP contribution in [0.4, 0.5) is 0 Å². The summed E-state index contributed by atoms with van der Waals surface area (Å²) >= 11 is 0. The summed E-state index contributed by atoms with van der Waals surface area (Å²) in [6.07, 6.45) is 1.84. The Morgan fingerprint density at radius 3 is 1.89 bits per heavy atom. The Labute approximate surface area is 96.7 Å². The van der Waals surface area contributed by atoms with Gasteiger partial charge in [-0.15, -0.1) is 0 Å². The molecule has 1 spiro atoms. The first-order valence-corrected chi connectivity index (χ1v) is 14.3. The van der Waals surface area contributed by atoms with E-state index in [1.165, 1.54) is 49.8 Å². The van der Waals surface area contributed by atoms with Gasteiger partial charge in [0.2, 0.25) is 0 Å². The molecule has 0 amide bonds. The molecule has 3 heteroatoms. The Balaban J connectivity index is 1.41. The third-order valence-electron chi connectivity index (χ3n) is 16.1. The van der Waals surface area contributed by atoms with Crippen LogP contribution in [0.3, 0.4) is 0 Å². The molecule has 0 bridgehead atoms. The van der Waals surface area contributed by atoms with Crippen molar-refractivity contribution in [3.63, 3.8) is 0 Å². The summed E-state index contributed by atoms with van der Waals surface area (Å²) in [5.74, 6) is 0. The molecule has 18 heavy (non-hydrogen) atoms. The molecule has 2 nitrogen and oxygen atoms in total. The third kappa shape index (κ3) is 0.0771. The van der Waals surface area contributed by atoms with E-state index in [-0.39, 0.29) is 6.61 Å². The summed E-state index contributed by atoms with van der Waals surface area (Å²) in [4.78, 5) is 12.5. The Morgan fingerprint density at radius 2 is 1.61 bits per heavy atom. The molecule has 10 heterocycles. The van der Waals surface area contributed by atoms with E-state index >= 15 is 0 Å². The zero-order valence-electron chi connectivity index (χ0n) is 10.6. The standard InChI is InChI=1S/C10H15O2.C5H5.Fe/c1-2-10(12-8-7-11)9-5-3-4-6-9;1-2-4-5-3-1;/h3-6,10-11H,2,7-8H2,1H3;1-5H;. The Bertz CT molecular complexity index is 868. The van der Waals surface area contributed by atoms with E-state index in [1.54, 1.807) is 0 Å². The Kier molecular flexibility index (Phi) is 0.267. The van der Waals surface area contributed by atoms with Gasteiger partial charge in [-0.1, -0.05) is 0 Å². The van der Waals surface area contributed by atoms with Gasteiger partial charge < -0.3 is 0 Å². The van der Waals surface area contributed by atoms with Gasteiger partial charge in [0, 0.05) is 0 Å². The fourth-order valence-corrected chi connectivity index (χ4v) is 93.1. The topological polar surface area (TPSA) is 29.5 Å². The van der Waals surface area contributed by atoms with Gasteiger partial charge in [-0.3, -0.25) is 0 Å². The molecular weight excluding hydrogens is 268 g/mol. The predicted molar refractivity (Wildman–Crippen MR) is 63.6 cm³/mol. The van der Waals surface area contributed by atoms with E-state index in [0.717, 1.165) is 4.31 Å². The van der Waals surface area contributed by atoms with Gasteiger partial charge in [0.05, 0.1) is 0 Å². The molecule has 0 saturated carbocycles. The molecule has 5 atom stereocenters. The average Bonchev–Trinajstić information content (AvgIpc) is 3.33. The van der Waals surface area contributed by atoms with Crippen molar-refractivity contribution >= 4 is 0 Å². The van der Waals surface area contributed by atoms with Gasteiger partial charge in [-0.25, -0.2) is 0 Å². The molecule has 10 aliphatic rings. The molecule has 0 radical (unpaired) electrons. The van der Waals surface area contributed by atoms with Crippen molar-refractivity contribution in [3.05, 3.63) is 0 Å². The van der Waals surface area contributed by atoms with E-state index < -0.39 is 6.51 Å². The molecule has 100 valence electrons. The second-order valence-corrected chi connectivity index (χ2v) is 34.8. The van der Waals surface area contributed by atoms with Crippen molar-refractivity contribution in [2.24, 2.45) is 0 Å². The predicted octanol–water partition coefficient (Wildman–Crippen LogP) is 3.53. The second-order valence-electron chi connectivity index (χ2n) is 11.2. The SMILES string of the molecule is CCC(OCCO)[C]12[CH]3[CH]4[CH]5[CH]1[Fe]45321678[CH]2[CH]1[CH]6[CH]7[CH]28. The van der Waals surface area contributed by atoms with Gasteiger partial charge in [0.25, 0.3) is 0 Å². The molecular formula is C15H20FeO2. The van der Waals surface area contributed by atoms with Crippen LogP contribution in [0.5, 0.6) is 0 Å². The maximum absolute atomic E-state index is 9.12. The minimum absolute atomic E-state index is 0.226. The molecule has 10 fully saturated rings. The number of ether oxygens (including phenoxy) is 1. The Morgan fingerprint density at radius 1 is 1.06 bits per heavy atom. The Hall–Kier alpha value is 0.439. The van der Waals surface area contributed by atoms with Crippen LogP contribution in [0.2, 0.25) is 47.7 Å². The average molecular weight is 288 g/mol. The summed E-state index contributed by atoms with van der Waals surface area (Å²) in [7, 11) is 0. The van der Waals surface area contributed by atoms with Crippen LogP contribution < -0.4 is 0 Å². The first-order valence-electron chi connectivity index (χ1n) is 8.00. The van der Waals surface area contributed by atoms with Crippen LogP contribution in [0.25, 0.3) is 0 Å². The second kappa shape index (κ2) is 0.646. The van der Waals surface area contributed by atoms with Crippen molar-refractivity contribution in [2.45, 2.75) is 67.1 Å². The molecule has 0 aromatic carbocycles. The number of hydrogen-bond acceptors (Lipinski definition) is 2. The quantitative estimate of drug-likeness (QED) is 0.784. The summed E-state index contributed by atoms with van der Waals surface area (Å²) in [5.41, 5.74) is 0. The zero-order chi connectivity index (χ0) is 11.4.